The molecule has 4 rings (SSSR count). The fraction of sp³-hybridized carbons (Fsp3) is 0.368. The molecule has 0 N–H and O–H groups in total. The van der Waals surface area contributed by atoms with Gasteiger partial charge in [0.2, 0.25) is 0 Å². The number of amides is 1. The fourth-order valence-electron chi connectivity index (χ4n) is 3.66. The molecule has 0 saturated carbocycles. The number of pyridine rings is 1. The van der Waals surface area contributed by atoms with Crippen LogP contribution in [0.3, 0.4) is 0 Å². The van der Waals surface area contributed by atoms with Gasteiger partial charge in [-0.15, -0.1) is 0 Å². The summed E-state index contributed by atoms with van der Waals surface area (Å²) in [5.41, 5.74) is 1.26. The van der Waals surface area contributed by atoms with Gasteiger partial charge in [0.1, 0.15) is 17.0 Å². The Morgan fingerprint density at radius 2 is 2.19 bits per heavy atom. The van der Waals surface area contributed by atoms with Gasteiger partial charge in [0.05, 0.1) is 0 Å². The molecule has 134 valence electrons. The maximum absolute atomic E-state index is 12.8. The van der Waals surface area contributed by atoms with Crippen molar-refractivity contribution in [3.05, 3.63) is 64.2 Å². The smallest absolute Gasteiger partial charge is 0.270 e. The van der Waals surface area contributed by atoms with Crippen LogP contribution in [0.1, 0.15) is 28.2 Å². The number of carbonyl (C=O) groups is 1. The van der Waals surface area contributed by atoms with E-state index in [0.29, 0.717) is 18.1 Å². The molecule has 0 aliphatic carbocycles. The molecular formula is C19H21N5O2. The molecule has 1 amide bonds. The topological polar surface area (TPSA) is 72.5 Å². The Hall–Kier alpha value is -2.96. The molecule has 3 aromatic heterocycles. The minimum Gasteiger partial charge on any atom is -0.341 e. The third-order valence-electron chi connectivity index (χ3n) is 5.07. The molecule has 4 heterocycles. The number of aromatic nitrogens is 4. The molecular weight excluding hydrogens is 330 g/mol. The molecule has 7 nitrogen and oxygen atoms in total. The number of fused-ring (bicyclic) bond motifs is 2. The van der Waals surface area contributed by atoms with E-state index in [1.54, 1.807) is 24.2 Å². The quantitative estimate of drug-likeness (QED) is 0.717. The minimum atomic E-state index is -0.323. The fourth-order valence-corrected chi connectivity index (χ4v) is 3.66. The van der Waals surface area contributed by atoms with E-state index in [0.717, 1.165) is 30.8 Å². The maximum Gasteiger partial charge on any atom is 0.270 e. The Morgan fingerprint density at radius 1 is 1.35 bits per heavy atom. The van der Waals surface area contributed by atoms with Crippen LogP contribution in [0.4, 0.5) is 0 Å². The van der Waals surface area contributed by atoms with Gasteiger partial charge in [-0.2, -0.15) is 0 Å². The molecule has 0 saturated heterocycles. The molecule has 0 bridgehead atoms. The van der Waals surface area contributed by atoms with E-state index in [4.69, 9.17) is 0 Å². The maximum atomic E-state index is 12.8. The molecule has 0 aromatic carbocycles. The van der Waals surface area contributed by atoms with Crippen molar-refractivity contribution in [3.63, 3.8) is 0 Å². The van der Waals surface area contributed by atoms with E-state index < -0.39 is 0 Å². The average Bonchev–Trinajstić information content (AvgIpc) is 3.10. The highest BCUT2D eigenvalue weighted by molar-refractivity contribution is 5.93. The zero-order chi connectivity index (χ0) is 18.3. The lowest BCUT2D eigenvalue weighted by Crippen LogP contribution is -2.38. The first-order valence-corrected chi connectivity index (χ1v) is 8.77. The second kappa shape index (κ2) is 6.40. The van der Waals surface area contributed by atoms with Gasteiger partial charge in [-0.3, -0.25) is 14.0 Å². The van der Waals surface area contributed by atoms with Crippen molar-refractivity contribution in [3.8, 4) is 0 Å². The van der Waals surface area contributed by atoms with E-state index in [1.807, 2.05) is 25.4 Å². The summed E-state index contributed by atoms with van der Waals surface area (Å²) in [4.78, 5) is 35.8. The number of nitrogens with zero attached hydrogens (tertiary/aromatic N) is 5. The predicted octanol–water partition coefficient (Wildman–Crippen LogP) is 1.53. The standard InChI is InChI=1S/C19H21N5O2/c1-13-4-3-8-24-17(13)21-10-15(19(24)26)18(25)22(2)11-14-5-6-16-20-7-9-23(16)12-14/h3-4,7-10,14H,5-6,11-12H2,1-2H3. The number of hydrogen-bond donors (Lipinski definition) is 0. The van der Waals surface area contributed by atoms with E-state index >= 15 is 0 Å². The first kappa shape index (κ1) is 16.5. The second-order valence-corrected chi connectivity index (χ2v) is 6.95. The highest BCUT2D eigenvalue weighted by Crippen LogP contribution is 2.19. The van der Waals surface area contributed by atoms with Gasteiger partial charge < -0.3 is 9.47 Å². The highest BCUT2D eigenvalue weighted by atomic mass is 16.2. The van der Waals surface area contributed by atoms with E-state index in [2.05, 4.69) is 14.5 Å². The van der Waals surface area contributed by atoms with Crippen LogP contribution in [0, 0.1) is 12.8 Å². The first-order valence-electron chi connectivity index (χ1n) is 8.77. The van der Waals surface area contributed by atoms with Gasteiger partial charge in [-0.25, -0.2) is 9.97 Å². The van der Waals surface area contributed by atoms with Crippen LogP contribution < -0.4 is 5.56 Å². The lowest BCUT2D eigenvalue weighted by molar-refractivity contribution is 0.0758. The van der Waals surface area contributed by atoms with Crippen molar-refractivity contribution >= 4 is 11.6 Å². The molecule has 0 fully saturated rings. The van der Waals surface area contributed by atoms with Crippen LogP contribution in [-0.2, 0) is 13.0 Å². The minimum absolute atomic E-state index is 0.106. The summed E-state index contributed by atoms with van der Waals surface area (Å²) in [5.74, 6) is 1.17. The van der Waals surface area contributed by atoms with Crippen LogP contribution in [0.2, 0.25) is 0 Å². The highest BCUT2D eigenvalue weighted by Gasteiger charge is 2.24. The van der Waals surface area contributed by atoms with Crippen LogP contribution in [0.15, 0.2) is 41.7 Å². The molecule has 3 aromatic rings. The summed E-state index contributed by atoms with van der Waals surface area (Å²) in [7, 11) is 1.75. The van der Waals surface area contributed by atoms with Crippen LogP contribution in [0.5, 0.6) is 0 Å². The molecule has 1 aliphatic rings. The molecule has 1 unspecified atom stereocenters. The molecule has 0 spiro atoms. The van der Waals surface area contributed by atoms with E-state index in [1.165, 1.54) is 10.6 Å². The second-order valence-electron chi connectivity index (χ2n) is 6.95. The Bertz CT molecular complexity index is 1040. The lowest BCUT2D eigenvalue weighted by Gasteiger charge is -2.28. The van der Waals surface area contributed by atoms with Crippen LogP contribution >= 0.6 is 0 Å². The van der Waals surface area contributed by atoms with Gasteiger partial charge in [0, 0.05) is 51.3 Å². The Morgan fingerprint density at radius 3 is 3.04 bits per heavy atom. The summed E-state index contributed by atoms with van der Waals surface area (Å²) in [6.07, 6.45) is 8.75. The van der Waals surface area contributed by atoms with E-state index in [9.17, 15) is 9.59 Å². The number of rotatable bonds is 3. The number of carbonyl (C=O) groups excluding carboxylic acids is 1. The predicted molar refractivity (Wildman–Crippen MR) is 97.2 cm³/mol. The van der Waals surface area contributed by atoms with Gasteiger partial charge in [0.15, 0.2) is 0 Å². The lowest BCUT2D eigenvalue weighted by atomic mass is 9.99. The third kappa shape index (κ3) is 2.79. The van der Waals surface area contributed by atoms with Crippen molar-refractivity contribution < 1.29 is 4.79 Å². The van der Waals surface area contributed by atoms with Crippen LogP contribution in [0.25, 0.3) is 5.65 Å². The summed E-state index contributed by atoms with van der Waals surface area (Å²) in [6.45, 7) is 3.34. The van der Waals surface area contributed by atoms with E-state index in [-0.39, 0.29) is 17.0 Å². The van der Waals surface area contributed by atoms with Gasteiger partial charge >= 0.3 is 0 Å². The van der Waals surface area contributed by atoms with Crippen molar-refractivity contribution in [1.29, 1.82) is 0 Å². The summed E-state index contributed by atoms with van der Waals surface area (Å²) >= 11 is 0. The number of imidazole rings is 1. The zero-order valence-corrected chi connectivity index (χ0v) is 14.9. The van der Waals surface area contributed by atoms with Crippen molar-refractivity contribution in [2.45, 2.75) is 26.3 Å². The SMILES string of the molecule is Cc1cccn2c(=O)c(C(=O)N(C)CC3CCc4nccn4C3)cnc12. The van der Waals surface area contributed by atoms with Crippen LogP contribution in [-0.4, -0.2) is 43.3 Å². The molecule has 1 aliphatic heterocycles. The normalized spacial score (nSPS) is 16.5. The summed E-state index contributed by atoms with van der Waals surface area (Å²) < 4.78 is 3.58. The zero-order valence-electron chi connectivity index (χ0n) is 14.9. The molecule has 1 atom stereocenters. The third-order valence-corrected chi connectivity index (χ3v) is 5.07. The molecule has 26 heavy (non-hydrogen) atoms. The molecule has 0 radical (unpaired) electrons. The Kier molecular flexibility index (Phi) is 4.06. The number of hydrogen-bond acceptors (Lipinski definition) is 4. The summed E-state index contributed by atoms with van der Waals surface area (Å²) in [5, 5.41) is 0. The van der Waals surface area contributed by atoms with Gasteiger partial charge in [0.25, 0.3) is 11.5 Å². The van der Waals surface area contributed by atoms with Gasteiger partial charge in [-0.05, 0) is 30.9 Å². The Labute approximate surface area is 150 Å². The van der Waals surface area contributed by atoms with Crippen molar-refractivity contribution in [2.75, 3.05) is 13.6 Å². The largest absolute Gasteiger partial charge is 0.341 e. The summed E-state index contributed by atoms with van der Waals surface area (Å²) in [6, 6.07) is 3.68. The van der Waals surface area contributed by atoms with Crippen molar-refractivity contribution in [1.82, 2.24) is 23.8 Å². The first-order chi connectivity index (χ1) is 12.5. The average molecular weight is 351 g/mol. The number of aryl methyl sites for hydroxylation is 2. The monoisotopic (exact) mass is 351 g/mol. The van der Waals surface area contributed by atoms with Gasteiger partial charge in [-0.1, -0.05) is 6.07 Å². The van der Waals surface area contributed by atoms with Crippen molar-refractivity contribution in [2.24, 2.45) is 5.92 Å². The Balaban J connectivity index is 1.55. The molecule has 7 heteroatoms.